The van der Waals surface area contributed by atoms with Gasteiger partial charge < -0.3 is 10.5 Å². The number of hydrogen-bond donors (Lipinski definition) is 1. The Balaban J connectivity index is 3.17. The van der Waals surface area contributed by atoms with Crippen molar-refractivity contribution in [2.75, 3.05) is 18.7 Å². The van der Waals surface area contributed by atoms with Crippen LogP contribution in [0.4, 0.5) is 5.69 Å². The zero-order chi connectivity index (χ0) is 12.1. The molecule has 0 aliphatic rings. The van der Waals surface area contributed by atoms with Crippen molar-refractivity contribution < 1.29 is 14.3 Å². The number of halogens is 1. The molecule has 0 atom stereocenters. The maximum absolute atomic E-state index is 11.7. The van der Waals surface area contributed by atoms with Crippen LogP contribution in [0.25, 0.3) is 0 Å². The molecule has 0 fully saturated rings. The number of nitrogen functional groups attached to an aromatic ring is 1. The molecule has 0 amide bonds. The molecule has 0 saturated heterocycles. The van der Waals surface area contributed by atoms with Gasteiger partial charge >= 0.3 is 5.97 Å². The molecule has 0 heterocycles. The van der Waals surface area contributed by atoms with Gasteiger partial charge in [-0.1, -0.05) is 0 Å². The fourth-order valence-electron chi connectivity index (χ4n) is 1.30. The highest BCUT2D eigenvalue weighted by atomic mass is 35.5. The van der Waals surface area contributed by atoms with Gasteiger partial charge in [-0.3, -0.25) is 4.79 Å². The van der Waals surface area contributed by atoms with Crippen LogP contribution in [-0.4, -0.2) is 24.7 Å². The number of carbonyl (C=O) groups is 2. The largest absolute Gasteiger partial charge is 0.465 e. The number of ether oxygens (including phenoxy) is 1. The smallest absolute Gasteiger partial charge is 0.338 e. The van der Waals surface area contributed by atoms with Crippen molar-refractivity contribution in [3.05, 3.63) is 29.3 Å². The third-order valence-corrected chi connectivity index (χ3v) is 2.26. The molecule has 0 bridgehead atoms. The summed E-state index contributed by atoms with van der Waals surface area (Å²) in [6, 6.07) is 4.48. The Bertz CT molecular complexity index is 418. The Morgan fingerprint density at radius 1 is 1.38 bits per heavy atom. The first-order valence-electron chi connectivity index (χ1n) is 4.67. The number of hydrogen-bond acceptors (Lipinski definition) is 4. The molecule has 0 aliphatic heterocycles. The van der Waals surface area contributed by atoms with Gasteiger partial charge in [0.1, 0.15) is 0 Å². The number of esters is 1. The van der Waals surface area contributed by atoms with Crippen LogP contribution in [0.3, 0.4) is 0 Å². The molecular formula is C11H12ClNO3. The van der Waals surface area contributed by atoms with Crippen LogP contribution in [0, 0.1) is 0 Å². The average Bonchev–Trinajstić information content (AvgIpc) is 2.28. The predicted molar refractivity (Wildman–Crippen MR) is 61.9 cm³/mol. The second kappa shape index (κ2) is 5.51. The van der Waals surface area contributed by atoms with Gasteiger partial charge in [0, 0.05) is 23.6 Å². The van der Waals surface area contributed by atoms with Crippen LogP contribution < -0.4 is 5.73 Å². The van der Waals surface area contributed by atoms with E-state index in [0.717, 1.165) is 0 Å². The summed E-state index contributed by atoms with van der Waals surface area (Å²) in [7, 11) is 1.26. The lowest BCUT2D eigenvalue weighted by atomic mass is 10.0. The van der Waals surface area contributed by atoms with E-state index in [2.05, 4.69) is 4.74 Å². The van der Waals surface area contributed by atoms with Crippen molar-refractivity contribution in [3.8, 4) is 0 Å². The highest BCUT2D eigenvalue weighted by molar-refractivity contribution is 6.20. The maximum atomic E-state index is 11.7. The fraction of sp³-hybridized carbons (Fsp3) is 0.273. The van der Waals surface area contributed by atoms with Gasteiger partial charge in [0.25, 0.3) is 0 Å². The van der Waals surface area contributed by atoms with Crippen LogP contribution in [0.5, 0.6) is 0 Å². The van der Waals surface area contributed by atoms with E-state index in [0.29, 0.717) is 5.69 Å². The van der Waals surface area contributed by atoms with Crippen molar-refractivity contribution in [2.24, 2.45) is 0 Å². The number of anilines is 1. The normalized spacial score (nSPS) is 9.88. The van der Waals surface area contributed by atoms with Gasteiger partial charge in [0.15, 0.2) is 5.78 Å². The van der Waals surface area contributed by atoms with Gasteiger partial charge in [-0.05, 0) is 18.2 Å². The molecule has 4 nitrogen and oxygen atoms in total. The Morgan fingerprint density at radius 3 is 2.62 bits per heavy atom. The lowest BCUT2D eigenvalue weighted by Gasteiger charge is -2.07. The Kier molecular flexibility index (Phi) is 4.31. The summed E-state index contributed by atoms with van der Waals surface area (Å²) < 4.78 is 4.58. The molecule has 0 aromatic heterocycles. The van der Waals surface area contributed by atoms with Gasteiger partial charge in [0.05, 0.1) is 12.7 Å². The van der Waals surface area contributed by atoms with Gasteiger partial charge in [-0.15, -0.1) is 11.6 Å². The summed E-state index contributed by atoms with van der Waals surface area (Å²) in [6.45, 7) is 0. The number of nitrogens with two attached hydrogens (primary N) is 1. The zero-order valence-corrected chi connectivity index (χ0v) is 9.58. The van der Waals surface area contributed by atoms with E-state index >= 15 is 0 Å². The van der Waals surface area contributed by atoms with E-state index in [1.54, 1.807) is 6.07 Å². The summed E-state index contributed by atoms with van der Waals surface area (Å²) in [5.41, 5.74) is 6.46. The second-order valence-electron chi connectivity index (χ2n) is 3.16. The molecule has 2 N–H and O–H groups in total. The Morgan fingerprint density at radius 2 is 2.06 bits per heavy atom. The summed E-state index contributed by atoms with van der Waals surface area (Å²) in [6.07, 6.45) is 0.162. The quantitative estimate of drug-likeness (QED) is 0.378. The van der Waals surface area contributed by atoms with Crippen LogP contribution in [-0.2, 0) is 4.74 Å². The molecule has 0 spiro atoms. The topological polar surface area (TPSA) is 69.4 Å². The first kappa shape index (κ1) is 12.5. The van der Waals surface area contributed by atoms with Gasteiger partial charge in [0.2, 0.25) is 0 Å². The molecule has 1 aromatic rings. The Hall–Kier alpha value is -1.55. The van der Waals surface area contributed by atoms with Gasteiger partial charge in [-0.25, -0.2) is 4.79 Å². The summed E-state index contributed by atoms with van der Waals surface area (Å²) in [4.78, 5) is 23.1. The third kappa shape index (κ3) is 2.73. The highest BCUT2D eigenvalue weighted by Crippen LogP contribution is 2.17. The number of ketones is 1. The van der Waals surface area contributed by atoms with E-state index in [4.69, 9.17) is 17.3 Å². The molecule has 16 heavy (non-hydrogen) atoms. The van der Waals surface area contributed by atoms with Crippen molar-refractivity contribution >= 4 is 29.0 Å². The van der Waals surface area contributed by atoms with E-state index < -0.39 is 5.97 Å². The zero-order valence-electron chi connectivity index (χ0n) is 8.83. The number of methoxy groups -OCH3 is 1. The van der Waals surface area contributed by atoms with Crippen molar-refractivity contribution in [1.29, 1.82) is 0 Å². The number of carbonyl (C=O) groups excluding carboxylic acids is 2. The molecule has 0 radical (unpaired) electrons. The molecule has 86 valence electrons. The molecule has 0 unspecified atom stereocenters. The number of Topliss-reactive ketones (excluding diaryl/α,β-unsaturated/α-hetero) is 1. The molecule has 0 saturated carbocycles. The molecular weight excluding hydrogens is 230 g/mol. The standard InChI is InChI=1S/C11H12ClNO3/c1-16-11(15)8-3-2-7(13)6-9(8)10(14)4-5-12/h2-3,6H,4-5,13H2,1H3. The fourth-order valence-corrected chi connectivity index (χ4v) is 1.47. The molecule has 1 aromatic carbocycles. The summed E-state index contributed by atoms with van der Waals surface area (Å²) in [5, 5.41) is 0. The minimum Gasteiger partial charge on any atom is -0.465 e. The monoisotopic (exact) mass is 241 g/mol. The average molecular weight is 242 g/mol. The maximum Gasteiger partial charge on any atom is 0.338 e. The number of alkyl halides is 1. The summed E-state index contributed by atoms with van der Waals surface area (Å²) >= 11 is 5.48. The molecule has 1 rings (SSSR count). The van der Waals surface area contributed by atoms with Crippen LogP contribution in [0.1, 0.15) is 27.1 Å². The lowest BCUT2D eigenvalue weighted by molar-refractivity contribution is 0.0597. The molecule has 5 heteroatoms. The second-order valence-corrected chi connectivity index (χ2v) is 3.54. The first-order valence-corrected chi connectivity index (χ1v) is 5.20. The number of rotatable bonds is 4. The van der Waals surface area contributed by atoms with Gasteiger partial charge in [-0.2, -0.15) is 0 Å². The summed E-state index contributed by atoms with van der Waals surface area (Å²) in [5.74, 6) is -0.575. The lowest BCUT2D eigenvalue weighted by Crippen LogP contribution is -2.11. The molecule has 0 aliphatic carbocycles. The SMILES string of the molecule is COC(=O)c1ccc(N)cc1C(=O)CCCl. The third-order valence-electron chi connectivity index (χ3n) is 2.07. The van der Waals surface area contributed by atoms with Crippen LogP contribution in [0.2, 0.25) is 0 Å². The van der Waals surface area contributed by atoms with Crippen molar-refractivity contribution in [3.63, 3.8) is 0 Å². The van der Waals surface area contributed by atoms with E-state index in [1.807, 2.05) is 0 Å². The predicted octanol–water partition coefficient (Wildman–Crippen LogP) is 1.87. The van der Waals surface area contributed by atoms with E-state index in [1.165, 1.54) is 19.2 Å². The van der Waals surface area contributed by atoms with E-state index in [9.17, 15) is 9.59 Å². The number of benzene rings is 1. The van der Waals surface area contributed by atoms with Crippen LogP contribution in [0.15, 0.2) is 18.2 Å². The van der Waals surface area contributed by atoms with E-state index in [-0.39, 0.29) is 29.2 Å². The minimum atomic E-state index is -0.557. The minimum absolute atomic E-state index is 0.162. The van der Waals surface area contributed by atoms with Crippen molar-refractivity contribution in [2.45, 2.75) is 6.42 Å². The Labute approximate surface area is 98.3 Å². The van der Waals surface area contributed by atoms with Crippen LogP contribution >= 0.6 is 11.6 Å². The first-order chi connectivity index (χ1) is 7.60. The highest BCUT2D eigenvalue weighted by Gasteiger charge is 2.17. The van der Waals surface area contributed by atoms with Crippen molar-refractivity contribution in [1.82, 2.24) is 0 Å².